The van der Waals surface area contributed by atoms with Crippen LogP contribution in [0.4, 0.5) is 0 Å². The molecule has 100 valence electrons. The molecular weight excluding hydrogens is 260 g/mol. The molecule has 0 aromatic heterocycles. The van der Waals surface area contributed by atoms with E-state index in [1.165, 1.54) is 0 Å². The van der Waals surface area contributed by atoms with Crippen molar-refractivity contribution in [2.24, 2.45) is 0 Å². The van der Waals surface area contributed by atoms with Gasteiger partial charge in [-0.15, -0.1) is 0 Å². The molecule has 0 unspecified atom stereocenters. The summed E-state index contributed by atoms with van der Waals surface area (Å²) in [6.45, 7) is 2.56. The van der Waals surface area contributed by atoms with Gasteiger partial charge in [-0.05, 0) is 36.6 Å². The first-order valence-corrected chi connectivity index (χ1v) is 6.65. The Bertz CT molecular complexity index is 552. The van der Waals surface area contributed by atoms with Crippen LogP contribution >= 0.6 is 11.6 Å². The van der Waals surface area contributed by atoms with Crippen molar-refractivity contribution in [1.82, 2.24) is 0 Å². The normalized spacial score (nSPS) is 10.5. The lowest BCUT2D eigenvalue weighted by molar-refractivity contribution is 0.284. The van der Waals surface area contributed by atoms with Crippen molar-refractivity contribution in [3.63, 3.8) is 0 Å². The lowest BCUT2D eigenvalue weighted by Gasteiger charge is -2.12. The molecule has 0 radical (unpaired) electrons. The fraction of sp³-hybridized carbons (Fsp3) is 0.250. The third kappa shape index (κ3) is 3.72. The highest BCUT2D eigenvalue weighted by Crippen LogP contribution is 2.23. The molecule has 0 bridgehead atoms. The molecule has 3 heteroatoms. The van der Waals surface area contributed by atoms with Crippen LogP contribution < -0.4 is 4.74 Å². The number of para-hydroxylation sites is 1. The second kappa shape index (κ2) is 6.60. The largest absolute Gasteiger partial charge is 0.489 e. The Morgan fingerprint density at radius 2 is 1.89 bits per heavy atom. The predicted octanol–water partition coefficient (Wildman–Crippen LogP) is 3.76. The SMILES string of the molecule is Cc1ccc(COc2ccccc2CCO)c(Cl)c1. The number of rotatable bonds is 5. The fourth-order valence-corrected chi connectivity index (χ4v) is 2.19. The minimum absolute atomic E-state index is 0.117. The summed E-state index contributed by atoms with van der Waals surface area (Å²) in [5.41, 5.74) is 3.11. The minimum Gasteiger partial charge on any atom is -0.489 e. The van der Waals surface area contributed by atoms with E-state index in [1.54, 1.807) is 0 Å². The maximum Gasteiger partial charge on any atom is 0.123 e. The van der Waals surface area contributed by atoms with Crippen molar-refractivity contribution < 1.29 is 9.84 Å². The number of hydrogen-bond donors (Lipinski definition) is 1. The van der Waals surface area contributed by atoms with E-state index in [-0.39, 0.29) is 6.61 Å². The van der Waals surface area contributed by atoms with Gasteiger partial charge in [-0.1, -0.05) is 41.9 Å². The van der Waals surface area contributed by atoms with Crippen LogP contribution in [-0.4, -0.2) is 11.7 Å². The van der Waals surface area contributed by atoms with Crippen molar-refractivity contribution in [3.8, 4) is 5.75 Å². The Kier molecular flexibility index (Phi) is 4.83. The van der Waals surface area contributed by atoms with Crippen molar-refractivity contribution in [2.75, 3.05) is 6.61 Å². The number of aliphatic hydroxyl groups is 1. The third-order valence-corrected chi connectivity index (χ3v) is 3.30. The van der Waals surface area contributed by atoms with Crippen LogP contribution in [0.3, 0.4) is 0 Å². The van der Waals surface area contributed by atoms with Gasteiger partial charge in [-0.3, -0.25) is 0 Å². The molecule has 2 nitrogen and oxygen atoms in total. The molecule has 0 atom stereocenters. The van der Waals surface area contributed by atoms with Crippen LogP contribution in [-0.2, 0) is 13.0 Å². The summed E-state index contributed by atoms with van der Waals surface area (Å²) < 4.78 is 5.80. The highest BCUT2D eigenvalue weighted by atomic mass is 35.5. The summed E-state index contributed by atoms with van der Waals surface area (Å²) in [5, 5.41) is 9.75. The molecular formula is C16H17ClO2. The summed E-state index contributed by atoms with van der Waals surface area (Å²) in [7, 11) is 0. The molecule has 19 heavy (non-hydrogen) atoms. The highest BCUT2D eigenvalue weighted by molar-refractivity contribution is 6.31. The summed E-state index contributed by atoms with van der Waals surface area (Å²) in [5.74, 6) is 0.799. The zero-order valence-electron chi connectivity index (χ0n) is 10.9. The Morgan fingerprint density at radius 1 is 1.11 bits per heavy atom. The molecule has 0 spiro atoms. The van der Waals surface area contributed by atoms with Crippen LogP contribution in [0.2, 0.25) is 5.02 Å². The lowest BCUT2D eigenvalue weighted by Crippen LogP contribution is -2.00. The smallest absolute Gasteiger partial charge is 0.123 e. The topological polar surface area (TPSA) is 29.5 Å². The second-order valence-corrected chi connectivity index (χ2v) is 4.87. The average Bonchev–Trinajstić information content (AvgIpc) is 2.40. The van der Waals surface area contributed by atoms with Crippen LogP contribution in [0.5, 0.6) is 5.75 Å². The summed E-state index contributed by atoms with van der Waals surface area (Å²) in [4.78, 5) is 0. The Hall–Kier alpha value is -1.51. The molecule has 2 aromatic rings. The van der Waals surface area contributed by atoms with Gasteiger partial charge in [0.15, 0.2) is 0 Å². The van der Waals surface area contributed by atoms with E-state index < -0.39 is 0 Å². The van der Waals surface area contributed by atoms with Gasteiger partial charge in [0.2, 0.25) is 0 Å². The molecule has 2 rings (SSSR count). The van der Waals surface area contributed by atoms with Crippen molar-refractivity contribution in [2.45, 2.75) is 20.0 Å². The molecule has 2 aromatic carbocycles. The Balaban J connectivity index is 2.10. The predicted molar refractivity (Wildman–Crippen MR) is 77.8 cm³/mol. The van der Waals surface area contributed by atoms with Gasteiger partial charge in [0.1, 0.15) is 12.4 Å². The molecule has 0 aliphatic rings. The van der Waals surface area contributed by atoms with Crippen LogP contribution in [0.25, 0.3) is 0 Å². The number of ether oxygens (including phenoxy) is 1. The number of benzene rings is 2. The van der Waals surface area contributed by atoms with Crippen molar-refractivity contribution >= 4 is 11.6 Å². The van der Waals surface area contributed by atoms with E-state index in [2.05, 4.69) is 0 Å². The van der Waals surface area contributed by atoms with Crippen molar-refractivity contribution in [1.29, 1.82) is 0 Å². The Morgan fingerprint density at radius 3 is 2.63 bits per heavy atom. The first-order valence-electron chi connectivity index (χ1n) is 6.27. The maximum absolute atomic E-state index is 9.03. The molecule has 0 aliphatic carbocycles. The van der Waals surface area contributed by atoms with Gasteiger partial charge < -0.3 is 9.84 Å². The quantitative estimate of drug-likeness (QED) is 0.901. The first kappa shape index (κ1) is 13.9. The highest BCUT2D eigenvalue weighted by Gasteiger charge is 2.05. The molecule has 0 aliphatic heterocycles. The van der Waals surface area contributed by atoms with Gasteiger partial charge in [-0.25, -0.2) is 0 Å². The second-order valence-electron chi connectivity index (χ2n) is 4.46. The molecule has 0 heterocycles. The van der Waals surface area contributed by atoms with Gasteiger partial charge in [0.05, 0.1) is 0 Å². The lowest BCUT2D eigenvalue weighted by atomic mass is 10.1. The maximum atomic E-state index is 9.03. The monoisotopic (exact) mass is 276 g/mol. The Labute approximate surface area is 118 Å². The summed E-state index contributed by atoms with van der Waals surface area (Å²) in [6.07, 6.45) is 0.595. The zero-order chi connectivity index (χ0) is 13.7. The van der Waals surface area contributed by atoms with E-state index in [0.717, 1.165) is 27.5 Å². The van der Waals surface area contributed by atoms with E-state index >= 15 is 0 Å². The molecule has 0 amide bonds. The number of halogens is 1. The molecule has 1 N–H and O–H groups in total. The minimum atomic E-state index is 0.117. The van der Waals surface area contributed by atoms with Gasteiger partial charge in [0, 0.05) is 17.2 Å². The van der Waals surface area contributed by atoms with E-state index in [1.807, 2.05) is 49.4 Å². The number of hydrogen-bond acceptors (Lipinski definition) is 2. The van der Waals surface area contributed by atoms with E-state index in [9.17, 15) is 0 Å². The summed E-state index contributed by atoms with van der Waals surface area (Å²) in [6, 6.07) is 13.7. The number of aryl methyl sites for hydroxylation is 1. The zero-order valence-corrected chi connectivity index (χ0v) is 11.7. The van der Waals surface area contributed by atoms with Gasteiger partial charge in [0.25, 0.3) is 0 Å². The van der Waals surface area contributed by atoms with Crippen LogP contribution in [0.1, 0.15) is 16.7 Å². The van der Waals surface area contributed by atoms with E-state index in [4.69, 9.17) is 21.4 Å². The summed E-state index contributed by atoms with van der Waals surface area (Å²) >= 11 is 6.18. The van der Waals surface area contributed by atoms with Crippen LogP contribution in [0.15, 0.2) is 42.5 Å². The third-order valence-electron chi connectivity index (χ3n) is 2.95. The number of aliphatic hydroxyl groups excluding tert-OH is 1. The van der Waals surface area contributed by atoms with Crippen LogP contribution in [0, 0.1) is 6.92 Å². The standard InChI is InChI=1S/C16H17ClO2/c1-12-6-7-14(15(17)10-12)11-19-16-5-3-2-4-13(16)8-9-18/h2-7,10,18H,8-9,11H2,1H3. The first-order chi connectivity index (χ1) is 9.20. The fourth-order valence-electron chi connectivity index (χ4n) is 1.90. The average molecular weight is 277 g/mol. The van der Waals surface area contributed by atoms with Crippen molar-refractivity contribution in [3.05, 3.63) is 64.2 Å². The van der Waals surface area contributed by atoms with Gasteiger partial charge in [-0.2, -0.15) is 0 Å². The van der Waals surface area contributed by atoms with E-state index in [0.29, 0.717) is 13.0 Å². The van der Waals surface area contributed by atoms with Gasteiger partial charge >= 0.3 is 0 Å². The molecule has 0 saturated heterocycles. The molecule has 0 fully saturated rings. The molecule has 0 saturated carbocycles.